The van der Waals surface area contributed by atoms with E-state index >= 15 is 0 Å². The average molecular weight is 277 g/mol. The van der Waals surface area contributed by atoms with E-state index in [9.17, 15) is 14.4 Å². The van der Waals surface area contributed by atoms with Gasteiger partial charge in [-0.2, -0.15) is 5.10 Å². The van der Waals surface area contributed by atoms with Crippen molar-refractivity contribution in [3.05, 3.63) is 17.5 Å². The van der Waals surface area contributed by atoms with Gasteiger partial charge in [0.25, 0.3) is 11.8 Å². The predicted octanol–water partition coefficient (Wildman–Crippen LogP) is -0.468. The van der Waals surface area contributed by atoms with Gasteiger partial charge in [0.1, 0.15) is 11.2 Å². The molecule has 1 aromatic heterocycles. The van der Waals surface area contributed by atoms with Crippen LogP contribution in [0.1, 0.15) is 29.0 Å². The summed E-state index contributed by atoms with van der Waals surface area (Å²) >= 11 is 0. The van der Waals surface area contributed by atoms with Crippen LogP contribution in [0, 0.1) is 6.92 Å². The van der Waals surface area contributed by atoms with Crippen molar-refractivity contribution in [2.45, 2.75) is 25.3 Å². The summed E-state index contributed by atoms with van der Waals surface area (Å²) in [6, 6.07) is 1.23. The molecule has 1 spiro atoms. The Labute approximate surface area is 114 Å². The van der Waals surface area contributed by atoms with Gasteiger partial charge < -0.3 is 10.2 Å². The molecule has 8 heteroatoms. The first-order valence-corrected chi connectivity index (χ1v) is 6.45. The quantitative estimate of drug-likeness (QED) is 0.603. The highest BCUT2D eigenvalue weighted by Crippen LogP contribution is 2.26. The fourth-order valence-corrected chi connectivity index (χ4v) is 2.66. The Kier molecular flexibility index (Phi) is 2.73. The molecule has 0 saturated carbocycles. The summed E-state index contributed by atoms with van der Waals surface area (Å²) in [6.07, 6.45) is 0.833. The second-order valence-corrected chi connectivity index (χ2v) is 5.22. The van der Waals surface area contributed by atoms with E-state index < -0.39 is 11.6 Å². The van der Waals surface area contributed by atoms with E-state index in [2.05, 4.69) is 20.8 Å². The summed E-state index contributed by atoms with van der Waals surface area (Å²) < 4.78 is 0. The molecule has 4 amide bonds. The first-order chi connectivity index (χ1) is 9.50. The number of carbonyl (C=O) groups is 3. The number of aromatic nitrogens is 2. The maximum Gasteiger partial charge on any atom is 0.322 e. The molecule has 3 heterocycles. The van der Waals surface area contributed by atoms with Gasteiger partial charge >= 0.3 is 6.03 Å². The molecule has 0 radical (unpaired) electrons. The molecule has 1 aromatic rings. The number of likely N-dealkylation sites (tertiary alicyclic amines) is 1. The standard InChI is InChI=1S/C12H15N5O3/c1-7-6-8(16-15-7)9(18)17-4-2-12(3-5-17)10(19)13-11(20)14-12/h6H,2-5H2,1H3,(H,15,16)(H2,13,14,19,20). The average Bonchev–Trinajstić information content (AvgIpc) is 2.95. The number of amides is 4. The number of aromatic amines is 1. The number of urea groups is 1. The maximum atomic E-state index is 12.2. The Bertz CT molecular complexity index is 586. The van der Waals surface area contributed by atoms with Gasteiger partial charge in [0.2, 0.25) is 0 Å². The molecule has 0 bridgehead atoms. The van der Waals surface area contributed by atoms with E-state index in [0.717, 1.165) is 5.69 Å². The third-order valence-corrected chi connectivity index (χ3v) is 3.84. The van der Waals surface area contributed by atoms with Gasteiger partial charge in [0, 0.05) is 18.8 Å². The monoisotopic (exact) mass is 277 g/mol. The molecule has 0 aromatic carbocycles. The number of carbonyl (C=O) groups excluding carboxylic acids is 3. The summed E-state index contributed by atoms with van der Waals surface area (Å²) in [6.45, 7) is 2.66. The summed E-state index contributed by atoms with van der Waals surface area (Å²) in [7, 11) is 0. The van der Waals surface area contributed by atoms with Crippen molar-refractivity contribution in [1.29, 1.82) is 0 Å². The Morgan fingerprint density at radius 2 is 2.05 bits per heavy atom. The molecule has 2 aliphatic heterocycles. The summed E-state index contributed by atoms with van der Waals surface area (Å²) in [5.41, 5.74) is 0.345. The van der Waals surface area contributed by atoms with Gasteiger partial charge in [-0.1, -0.05) is 0 Å². The summed E-state index contributed by atoms with van der Waals surface area (Å²) in [4.78, 5) is 36.9. The third-order valence-electron chi connectivity index (χ3n) is 3.84. The Hall–Kier alpha value is -2.38. The molecule has 106 valence electrons. The molecule has 0 atom stereocenters. The predicted molar refractivity (Wildman–Crippen MR) is 67.9 cm³/mol. The van der Waals surface area contributed by atoms with Gasteiger partial charge in [-0.3, -0.25) is 20.0 Å². The summed E-state index contributed by atoms with van der Waals surface area (Å²) in [5, 5.41) is 11.6. The molecule has 2 saturated heterocycles. The smallest absolute Gasteiger partial charge is 0.322 e. The molecular formula is C12H15N5O3. The maximum absolute atomic E-state index is 12.2. The van der Waals surface area contributed by atoms with Crippen molar-refractivity contribution >= 4 is 17.8 Å². The van der Waals surface area contributed by atoms with Crippen LogP contribution in [0.5, 0.6) is 0 Å². The number of hydrogen-bond donors (Lipinski definition) is 3. The fourth-order valence-electron chi connectivity index (χ4n) is 2.66. The first-order valence-electron chi connectivity index (χ1n) is 6.45. The Balaban J connectivity index is 1.68. The zero-order valence-electron chi connectivity index (χ0n) is 11.0. The minimum absolute atomic E-state index is 0.158. The second kappa shape index (κ2) is 4.32. The van der Waals surface area contributed by atoms with Crippen LogP contribution in [0.3, 0.4) is 0 Å². The van der Waals surface area contributed by atoms with Gasteiger partial charge in [-0.05, 0) is 25.8 Å². The van der Waals surface area contributed by atoms with Gasteiger partial charge in [0.05, 0.1) is 0 Å². The SMILES string of the molecule is Cc1cc(C(=O)N2CCC3(CC2)NC(=O)NC3=O)n[nH]1. The molecule has 3 rings (SSSR count). The number of nitrogens with zero attached hydrogens (tertiary/aromatic N) is 2. The summed E-state index contributed by atoms with van der Waals surface area (Å²) in [5.74, 6) is -0.459. The van der Waals surface area contributed by atoms with E-state index in [0.29, 0.717) is 31.6 Å². The molecule has 20 heavy (non-hydrogen) atoms. The zero-order valence-corrected chi connectivity index (χ0v) is 11.0. The first kappa shape index (κ1) is 12.6. The Morgan fingerprint density at radius 3 is 2.55 bits per heavy atom. The third kappa shape index (κ3) is 1.93. The lowest BCUT2D eigenvalue weighted by molar-refractivity contribution is -0.125. The van der Waals surface area contributed by atoms with Crippen LogP contribution < -0.4 is 10.6 Å². The lowest BCUT2D eigenvalue weighted by Gasteiger charge is -2.36. The van der Waals surface area contributed by atoms with E-state index in [1.165, 1.54) is 0 Å². The lowest BCUT2D eigenvalue weighted by atomic mass is 9.87. The number of piperidine rings is 1. The van der Waals surface area contributed by atoms with Crippen LogP contribution in [0.4, 0.5) is 4.79 Å². The topological polar surface area (TPSA) is 107 Å². The highest BCUT2D eigenvalue weighted by molar-refractivity contribution is 6.07. The lowest BCUT2D eigenvalue weighted by Crippen LogP contribution is -2.55. The molecule has 0 aliphatic carbocycles. The number of nitrogens with one attached hydrogen (secondary N) is 3. The van der Waals surface area contributed by atoms with Crippen LogP contribution in [-0.2, 0) is 4.79 Å². The van der Waals surface area contributed by atoms with E-state index in [1.807, 2.05) is 6.92 Å². The van der Waals surface area contributed by atoms with Gasteiger partial charge in [0.15, 0.2) is 0 Å². The van der Waals surface area contributed by atoms with Crippen molar-refractivity contribution in [2.24, 2.45) is 0 Å². The molecular weight excluding hydrogens is 262 g/mol. The normalized spacial score (nSPS) is 20.9. The largest absolute Gasteiger partial charge is 0.337 e. The molecule has 8 nitrogen and oxygen atoms in total. The number of H-pyrrole nitrogens is 1. The van der Waals surface area contributed by atoms with Crippen LogP contribution in [0.2, 0.25) is 0 Å². The number of imide groups is 1. The second-order valence-electron chi connectivity index (χ2n) is 5.22. The number of hydrogen-bond acceptors (Lipinski definition) is 4. The minimum atomic E-state index is -0.852. The molecule has 0 unspecified atom stereocenters. The van der Waals surface area contributed by atoms with Crippen LogP contribution in [0.25, 0.3) is 0 Å². The molecule has 2 aliphatic rings. The van der Waals surface area contributed by atoms with Gasteiger partial charge in [-0.15, -0.1) is 0 Å². The molecule has 2 fully saturated rings. The van der Waals surface area contributed by atoms with Crippen LogP contribution in [0.15, 0.2) is 6.07 Å². The van der Waals surface area contributed by atoms with Crippen molar-refractivity contribution in [2.75, 3.05) is 13.1 Å². The van der Waals surface area contributed by atoms with Crippen molar-refractivity contribution in [1.82, 2.24) is 25.7 Å². The highest BCUT2D eigenvalue weighted by atomic mass is 16.2. The van der Waals surface area contributed by atoms with Crippen molar-refractivity contribution in [3.8, 4) is 0 Å². The number of rotatable bonds is 1. The highest BCUT2D eigenvalue weighted by Gasteiger charge is 2.48. The van der Waals surface area contributed by atoms with Crippen molar-refractivity contribution < 1.29 is 14.4 Å². The molecule has 3 N–H and O–H groups in total. The van der Waals surface area contributed by atoms with E-state index in [-0.39, 0.29) is 11.8 Å². The van der Waals surface area contributed by atoms with Gasteiger partial charge in [-0.25, -0.2) is 4.79 Å². The number of aryl methyl sites for hydroxylation is 1. The van der Waals surface area contributed by atoms with E-state index in [1.54, 1.807) is 11.0 Å². The van der Waals surface area contributed by atoms with Crippen LogP contribution in [-0.4, -0.2) is 51.6 Å². The Morgan fingerprint density at radius 1 is 1.35 bits per heavy atom. The zero-order chi connectivity index (χ0) is 14.3. The van der Waals surface area contributed by atoms with Crippen LogP contribution >= 0.6 is 0 Å². The van der Waals surface area contributed by atoms with E-state index in [4.69, 9.17) is 0 Å². The fraction of sp³-hybridized carbons (Fsp3) is 0.500. The van der Waals surface area contributed by atoms with Crippen molar-refractivity contribution in [3.63, 3.8) is 0 Å². The minimum Gasteiger partial charge on any atom is -0.337 e.